The number of guanidine groups is 1. The van der Waals surface area contributed by atoms with Crippen molar-refractivity contribution in [3.05, 3.63) is 35.9 Å². The van der Waals surface area contributed by atoms with E-state index < -0.39 is 0 Å². The molecule has 0 radical (unpaired) electrons. The van der Waals surface area contributed by atoms with Crippen molar-refractivity contribution in [2.45, 2.75) is 40.5 Å². The molecule has 1 aromatic carbocycles. The lowest BCUT2D eigenvalue weighted by Gasteiger charge is -2.29. The summed E-state index contributed by atoms with van der Waals surface area (Å²) in [5.41, 5.74) is 1.59. The van der Waals surface area contributed by atoms with Crippen molar-refractivity contribution in [1.82, 2.24) is 15.1 Å². The van der Waals surface area contributed by atoms with Crippen molar-refractivity contribution in [2.75, 3.05) is 46.3 Å². The molecule has 1 N–H and O–H groups in total. The first-order chi connectivity index (χ1) is 12.5. The van der Waals surface area contributed by atoms with Crippen LogP contribution in [0.1, 0.15) is 39.7 Å². The Bertz CT molecular complexity index is 555. The molecule has 1 saturated heterocycles. The third kappa shape index (κ3) is 7.98. The minimum atomic E-state index is 0. The molecule has 1 unspecified atom stereocenters. The fourth-order valence-electron chi connectivity index (χ4n) is 3.88. The second kappa shape index (κ2) is 11.9. The van der Waals surface area contributed by atoms with Crippen LogP contribution in [0.3, 0.4) is 0 Å². The van der Waals surface area contributed by atoms with Gasteiger partial charge in [0.25, 0.3) is 0 Å². The molecule has 154 valence electrons. The van der Waals surface area contributed by atoms with Crippen molar-refractivity contribution < 1.29 is 0 Å². The van der Waals surface area contributed by atoms with E-state index >= 15 is 0 Å². The Morgan fingerprint density at radius 1 is 1.22 bits per heavy atom. The highest BCUT2D eigenvalue weighted by Gasteiger charge is 2.27. The van der Waals surface area contributed by atoms with E-state index in [9.17, 15) is 0 Å². The summed E-state index contributed by atoms with van der Waals surface area (Å²) < 4.78 is 0. The van der Waals surface area contributed by atoms with E-state index in [1.807, 2.05) is 7.05 Å². The average Bonchev–Trinajstić information content (AvgIpc) is 3.09. The van der Waals surface area contributed by atoms with Gasteiger partial charge in [-0.15, -0.1) is 24.0 Å². The van der Waals surface area contributed by atoms with Crippen LogP contribution in [0, 0.1) is 11.3 Å². The molecule has 0 amide bonds. The number of halogens is 1. The average molecular weight is 486 g/mol. The lowest BCUT2D eigenvalue weighted by atomic mass is 9.86. The quantitative estimate of drug-likeness (QED) is 0.341. The Morgan fingerprint density at radius 2 is 1.89 bits per heavy atom. The van der Waals surface area contributed by atoms with Crippen LogP contribution in [0.15, 0.2) is 35.3 Å². The minimum Gasteiger partial charge on any atom is -0.356 e. The van der Waals surface area contributed by atoms with E-state index in [1.54, 1.807) is 0 Å². The molecule has 1 aromatic rings. The zero-order valence-electron chi connectivity index (χ0n) is 17.9. The smallest absolute Gasteiger partial charge is 0.193 e. The third-order valence-corrected chi connectivity index (χ3v) is 5.46. The summed E-state index contributed by atoms with van der Waals surface area (Å²) in [5.74, 6) is 1.82. The summed E-state index contributed by atoms with van der Waals surface area (Å²) in [5, 5.41) is 3.64. The molecule has 1 aliphatic rings. The first-order valence-corrected chi connectivity index (χ1v) is 10.2. The molecule has 1 aliphatic heterocycles. The second-order valence-corrected chi connectivity index (χ2v) is 8.31. The van der Waals surface area contributed by atoms with E-state index in [2.05, 4.69) is 78.1 Å². The Labute approximate surface area is 183 Å². The van der Waals surface area contributed by atoms with E-state index in [0.717, 1.165) is 51.0 Å². The molecule has 2 rings (SSSR count). The zero-order valence-corrected chi connectivity index (χ0v) is 20.2. The molecule has 1 fully saturated rings. The van der Waals surface area contributed by atoms with Gasteiger partial charge in [-0.1, -0.05) is 58.0 Å². The molecule has 4 nitrogen and oxygen atoms in total. The first kappa shape index (κ1) is 24.2. The van der Waals surface area contributed by atoms with Gasteiger partial charge >= 0.3 is 0 Å². The number of nitrogens with zero attached hydrogens (tertiary/aromatic N) is 3. The van der Waals surface area contributed by atoms with Gasteiger partial charge in [-0.25, -0.2) is 0 Å². The Hall–Kier alpha value is -0.820. The molecule has 5 heteroatoms. The molecule has 1 atom stereocenters. The van der Waals surface area contributed by atoms with Crippen LogP contribution in [-0.2, 0) is 6.42 Å². The normalized spacial score (nSPS) is 17.9. The third-order valence-electron chi connectivity index (χ3n) is 5.46. The van der Waals surface area contributed by atoms with E-state index in [4.69, 9.17) is 0 Å². The highest BCUT2D eigenvalue weighted by molar-refractivity contribution is 14.0. The van der Waals surface area contributed by atoms with Gasteiger partial charge in [-0.2, -0.15) is 0 Å². The van der Waals surface area contributed by atoms with E-state index in [1.165, 1.54) is 18.5 Å². The molecule has 0 spiro atoms. The van der Waals surface area contributed by atoms with Crippen LogP contribution in [0.2, 0.25) is 0 Å². The van der Waals surface area contributed by atoms with Crippen LogP contribution < -0.4 is 5.32 Å². The molecule has 1 heterocycles. The number of benzene rings is 1. The highest BCUT2D eigenvalue weighted by Crippen LogP contribution is 2.22. The standard InChI is InChI=1S/C22H38N4.HI/c1-6-25(7-2)16-20-13-14-26(17-20)21(23-5)24-18-22(3,4)15-19-11-9-8-10-12-19;/h8-12,20H,6-7,13-18H2,1-5H3,(H,23,24);1H. The summed E-state index contributed by atoms with van der Waals surface area (Å²) in [4.78, 5) is 9.52. The van der Waals surface area contributed by atoms with Gasteiger partial charge in [0.1, 0.15) is 0 Å². The number of hydrogen-bond acceptors (Lipinski definition) is 2. The number of aliphatic imine (C=N–C) groups is 1. The van der Waals surface area contributed by atoms with Gasteiger partial charge in [0.05, 0.1) is 0 Å². The van der Waals surface area contributed by atoms with Crippen LogP contribution >= 0.6 is 24.0 Å². The molecular weight excluding hydrogens is 447 g/mol. The maximum Gasteiger partial charge on any atom is 0.193 e. The monoisotopic (exact) mass is 486 g/mol. The first-order valence-electron chi connectivity index (χ1n) is 10.2. The van der Waals surface area contributed by atoms with Crippen LogP contribution in [0.4, 0.5) is 0 Å². The van der Waals surface area contributed by atoms with E-state index in [-0.39, 0.29) is 29.4 Å². The Balaban J connectivity index is 0.00000364. The van der Waals surface area contributed by atoms with Crippen LogP contribution in [-0.4, -0.2) is 62.1 Å². The maximum atomic E-state index is 4.55. The molecule has 0 aliphatic carbocycles. The van der Waals surface area contributed by atoms with Crippen molar-refractivity contribution in [1.29, 1.82) is 0 Å². The van der Waals surface area contributed by atoms with Crippen molar-refractivity contribution in [2.24, 2.45) is 16.3 Å². The summed E-state index contributed by atoms with van der Waals surface area (Å²) in [6.07, 6.45) is 2.34. The summed E-state index contributed by atoms with van der Waals surface area (Å²) in [6.45, 7) is 15.8. The van der Waals surface area contributed by atoms with Gasteiger partial charge in [-0.05, 0) is 42.8 Å². The second-order valence-electron chi connectivity index (χ2n) is 8.31. The summed E-state index contributed by atoms with van der Waals surface area (Å²) >= 11 is 0. The van der Waals surface area contributed by atoms with Crippen molar-refractivity contribution in [3.8, 4) is 0 Å². The van der Waals surface area contributed by atoms with Crippen molar-refractivity contribution in [3.63, 3.8) is 0 Å². The fraction of sp³-hybridized carbons (Fsp3) is 0.682. The highest BCUT2D eigenvalue weighted by atomic mass is 127. The van der Waals surface area contributed by atoms with Gasteiger partial charge in [0.2, 0.25) is 0 Å². The number of hydrogen-bond donors (Lipinski definition) is 1. The Kier molecular flexibility index (Phi) is 10.7. The number of rotatable bonds is 8. The lowest BCUT2D eigenvalue weighted by molar-refractivity contribution is 0.255. The topological polar surface area (TPSA) is 30.9 Å². The predicted octanol–water partition coefficient (Wildman–Crippen LogP) is 4.11. The van der Waals surface area contributed by atoms with E-state index in [0.29, 0.717) is 0 Å². The number of likely N-dealkylation sites (tertiary alicyclic amines) is 1. The molecule has 0 saturated carbocycles. The fourth-order valence-corrected chi connectivity index (χ4v) is 3.88. The van der Waals surface area contributed by atoms with Gasteiger partial charge in [-0.3, -0.25) is 4.99 Å². The van der Waals surface area contributed by atoms with Crippen LogP contribution in [0.5, 0.6) is 0 Å². The van der Waals surface area contributed by atoms with Crippen molar-refractivity contribution >= 4 is 29.9 Å². The predicted molar refractivity (Wildman–Crippen MR) is 128 cm³/mol. The maximum absolute atomic E-state index is 4.55. The molecule has 27 heavy (non-hydrogen) atoms. The Morgan fingerprint density at radius 3 is 2.48 bits per heavy atom. The minimum absolute atomic E-state index is 0. The molecule has 0 bridgehead atoms. The SMILES string of the molecule is CCN(CC)CC1CCN(C(=NC)NCC(C)(C)Cc2ccccc2)C1.I. The molecule has 0 aromatic heterocycles. The van der Waals surface area contributed by atoms with Gasteiger partial charge in [0.15, 0.2) is 5.96 Å². The lowest BCUT2D eigenvalue weighted by Crippen LogP contribution is -2.44. The summed E-state index contributed by atoms with van der Waals surface area (Å²) in [7, 11) is 1.91. The number of nitrogens with one attached hydrogen (secondary N) is 1. The largest absolute Gasteiger partial charge is 0.356 e. The van der Waals surface area contributed by atoms with Gasteiger partial charge in [0, 0.05) is 33.2 Å². The molecular formula is C22H39IN4. The van der Waals surface area contributed by atoms with Gasteiger partial charge < -0.3 is 15.1 Å². The van der Waals surface area contributed by atoms with Crippen LogP contribution in [0.25, 0.3) is 0 Å². The summed E-state index contributed by atoms with van der Waals surface area (Å²) in [6, 6.07) is 10.8. The zero-order chi connectivity index (χ0) is 19.0.